The molecular formula is C22H17ClN2O3S. The molecule has 4 rings (SSSR count). The van der Waals surface area contributed by atoms with Gasteiger partial charge in [0.1, 0.15) is 5.76 Å². The van der Waals surface area contributed by atoms with Crippen LogP contribution in [0.25, 0.3) is 10.9 Å². The first-order valence-corrected chi connectivity index (χ1v) is 10.3. The summed E-state index contributed by atoms with van der Waals surface area (Å²) in [4.78, 5) is 30.6. The summed E-state index contributed by atoms with van der Waals surface area (Å²) in [5.41, 5.74) is 0.952. The Balaban J connectivity index is 1.73. The van der Waals surface area contributed by atoms with Crippen molar-refractivity contribution in [1.82, 2.24) is 9.55 Å². The summed E-state index contributed by atoms with van der Waals surface area (Å²) in [6, 6.07) is 17.6. The molecule has 1 atom stereocenters. The van der Waals surface area contributed by atoms with Gasteiger partial charge in [-0.05, 0) is 43.3 Å². The zero-order chi connectivity index (χ0) is 20.4. The highest BCUT2D eigenvalue weighted by molar-refractivity contribution is 8.00. The Bertz CT molecular complexity index is 1230. The lowest BCUT2D eigenvalue weighted by molar-refractivity contribution is 0.0994. The van der Waals surface area contributed by atoms with E-state index in [2.05, 4.69) is 4.98 Å². The van der Waals surface area contributed by atoms with Crippen LogP contribution in [-0.2, 0) is 6.54 Å². The van der Waals surface area contributed by atoms with Gasteiger partial charge in [0, 0.05) is 10.6 Å². The van der Waals surface area contributed by atoms with Crippen LogP contribution in [0, 0.1) is 0 Å². The maximum absolute atomic E-state index is 13.1. The van der Waals surface area contributed by atoms with Crippen LogP contribution in [0.2, 0.25) is 5.02 Å². The van der Waals surface area contributed by atoms with Gasteiger partial charge in [0.25, 0.3) is 5.56 Å². The lowest BCUT2D eigenvalue weighted by atomic mass is 10.1. The number of para-hydroxylation sites is 1. The number of thioether (sulfide) groups is 1. The fraction of sp³-hybridized carbons (Fsp3) is 0.136. The molecule has 146 valence electrons. The number of furan rings is 1. The fourth-order valence-corrected chi connectivity index (χ4v) is 4.20. The van der Waals surface area contributed by atoms with Gasteiger partial charge in [-0.1, -0.05) is 47.6 Å². The third-order valence-electron chi connectivity index (χ3n) is 4.48. The number of halogens is 1. The topological polar surface area (TPSA) is 65.1 Å². The smallest absolute Gasteiger partial charge is 0.262 e. The third kappa shape index (κ3) is 4.13. The molecule has 0 aliphatic rings. The molecule has 0 saturated carbocycles. The molecule has 2 aromatic heterocycles. The SMILES string of the molecule is CC(Sc1nc2ccccc2c(=O)n1Cc1ccco1)C(=O)c1cccc(Cl)c1. The number of nitrogens with zero attached hydrogens (tertiary/aromatic N) is 2. The van der Waals surface area contributed by atoms with Crippen molar-refractivity contribution in [3.8, 4) is 0 Å². The predicted molar refractivity (Wildman–Crippen MR) is 115 cm³/mol. The molecule has 0 aliphatic carbocycles. The van der Waals surface area contributed by atoms with Crippen LogP contribution in [0.5, 0.6) is 0 Å². The third-order valence-corrected chi connectivity index (χ3v) is 5.81. The Hall–Kier alpha value is -2.83. The summed E-state index contributed by atoms with van der Waals surface area (Å²) in [6.45, 7) is 2.04. The van der Waals surface area contributed by atoms with E-state index < -0.39 is 5.25 Å². The Morgan fingerprint density at radius 2 is 2.00 bits per heavy atom. The van der Waals surface area contributed by atoms with Crippen LogP contribution in [0.3, 0.4) is 0 Å². The van der Waals surface area contributed by atoms with Gasteiger partial charge in [-0.3, -0.25) is 14.2 Å². The largest absolute Gasteiger partial charge is 0.467 e. The number of carbonyl (C=O) groups is 1. The summed E-state index contributed by atoms with van der Waals surface area (Å²) < 4.78 is 6.97. The van der Waals surface area contributed by atoms with E-state index >= 15 is 0 Å². The molecule has 2 aromatic carbocycles. The summed E-state index contributed by atoms with van der Waals surface area (Å²) >= 11 is 7.26. The predicted octanol–water partition coefficient (Wildman–Crippen LogP) is 5.05. The molecule has 0 saturated heterocycles. The average Bonchev–Trinajstić information content (AvgIpc) is 3.23. The number of fused-ring (bicyclic) bond motifs is 1. The molecule has 0 amide bonds. The number of benzene rings is 2. The number of carbonyl (C=O) groups excluding carboxylic acids is 1. The van der Waals surface area contributed by atoms with Crippen molar-refractivity contribution >= 4 is 40.0 Å². The van der Waals surface area contributed by atoms with Crippen LogP contribution in [-0.4, -0.2) is 20.6 Å². The van der Waals surface area contributed by atoms with Crippen molar-refractivity contribution in [3.05, 3.63) is 93.6 Å². The standard InChI is InChI=1S/C22H17ClN2O3S/c1-14(20(26)15-6-4-7-16(23)12-15)29-22-24-19-10-3-2-9-18(19)21(27)25(22)13-17-8-5-11-28-17/h2-12,14H,13H2,1H3. The number of ketones is 1. The van der Waals surface area contributed by atoms with Gasteiger partial charge in [0.15, 0.2) is 10.9 Å². The van der Waals surface area contributed by atoms with Crippen LogP contribution in [0.15, 0.2) is 81.3 Å². The first kappa shape index (κ1) is 19.5. The Kier molecular flexibility index (Phi) is 5.56. The van der Waals surface area contributed by atoms with E-state index in [0.717, 1.165) is 0 Å². The van der Waals surface area contributed by atoms with E-state index in [0.29, 0.717) is 32.4 Å². The zero-order valence-electron chi connectivity index (χ0n) is 15.5. The van der Waals surface area contributed by atoms with E-state index in [9.17, 15) is 9.59 Å². The van der Waals surface area contributed by atoms with Crippen molar-refractivity contribution < 1.29 is 9.21 Å². The van der Waals surface area contributed by atoms with E-state index in [1.807, 2.05) is 6.07 Å². The average molecular weight is 425 g/mol. The summed E-state index contributed by atoms with van der Waals surface area (Å²) in [6.07, 6.45) is 1.56. The van der Waals surface area contributed by atoms with Crippen molar-refractivity contribution in [2.45, 2.75) is 23.9 Å². The highest BCUT2D eigenvalue weighted by Gasteiger charge is 2.21. The van der Waals surface area contributed by atoms with Crippen LogP contribution in [0.4, 0.5) is 0 Å². The van der Waals surface area contributed by atoms with E-state index in [-0.39, 0.29) is 17.9 Å². The minimum atomic E-state index is -0.454. The number of Topliss-reactive ketones (excluding diaryl/α,β-unsaturated/α-hetero) is 1. The second-order valence-corrected chi connectivity index (χ2v) is 8.26. The first-order chi connectivity index (χ1) is 14.0. The molecule has 0 N–H and O–H groups in total. The molecule has 4 aromatic rings. The minimum absolute atomic E-state index is 0.0792. The maximum Gasteiger partial charge on any atom is 0.262 e. The van der Waals surface area contributed by atoms with Crippen LogP contribution < -0.4 is 5.56 Å². The van der Waals surface area contributed by atoms with E-state index in [1.165, 1.54) is 11.8 Å². The number of hydrogen-bond donors (Lipinski definition) is 0. The molecular weight excluding hydrogens is 408 g/mol. The summed E-state index contributed by atoms with van der Waals surface area (Å²) in [5, 5.41) is 1.04. The molecule has 0 radical (unpaired) electrons. The van der Waals surface area contributed by atoms with E-state index in [1.54, 1.807) is 72.4 Å². The van der Waals surface area contributed by atoms with Crippen molar-refractivity contribution in [2.24, 2.45) is 0 Å². The first-order valence-electron chi connectivity index (χ1n) is 9.01. The highest BCUT2D eigenvalue weighted by atomic mass is 35.5. The van der Waals surface area contributed by atoms with Gasteiger partial charge in [-0.25, -0.2) is 4.98 Å². The van der Waals surface area contributed by atoms with Crippen molar-refractivity contribution in [1.29, 1.82) is 0 Å². The van der Waals surface area contributed by atoms with Crippen LogP contribution >= 0.6 is 23.4 Å². The second-order valence-electron chi connectivity index (χ2n) is 6.52. The minimum Gasteiger partial charge on any atom is -0.467 e. The number of hydrogen-bond acceptors (Lipinski definition) is 5. The molecule has 0 fully saturated rings. The lowest BCUT2D eigenvalue weighted by Crippen LogP contribution is -2.25. The number of rotatable bonds is 6. The molecule has 0 spiro atoms. The second kappa shape index (κ2) is 8.27. The summed E-state index contributed by atoms with van der Waals surface area (Å²) in [5.74, 6) is 0.560. The quantitative estimate of drug-likeness (QED) is 0.246. The molecule has 29 heavy (non-hydrogen) atoms. The van der Waals surface area contributed by atoms with Gasteiger partial charge in [-0.2, -0.15) is 0 Å². The van der Waals surface area contributed by atoms with Crippen molar-refractivity contribution in [2.75, 3.05) is 0 Å². The van der Waals surface area contributed by atoms with Gasteiger partial charge in [0.2, 0.25) is 0 Å². The normalized spacial score (nSPS) is 12.2. The van der Waals surface area contributed by atoms with Gasteiger partial charge >= 0.3 is 0 Å². The molecule has 0 bridgehead atoms. The Morgan fingerprint density at radius 3 is 2.76 bits per heavy atom. The fourth-order valence-electron chi connectivity index (χ4n) is 3.02. The molecule has 1 unspecified atom stereocenters. The molecule has 5 nitrogen and oxygen atoms in total. The maximum atomic E-state index is 13.1. The Morgan fingerprint density at radius 1 is 1.17 bits per heavy atom. The van der Waals surface area contributed by atoms with Crippen molar-refractivity contribution in [3.63, 3.8) is 0 Å². The molecule has 7 heteroatoms. The summed E-state index contributed by atoms with van der Waals surface area (Å²) in [7, 11) is 0. The molecule has 0 aliphatic heterocycles. The Labute approximate surface area is 176 Å². The highest BCUT2D eigenvalue weighted by Crippen LogP contribution is 2.26. The van der Waals surface area contributed by atoms with Gasteiger partial charge < -0.3 is 4.42 Å². The van der Waals surface area contributed by atoms with Gasteiger partial charge in [0.05, 0.1) is 29.0 Å². The zero-order valence-corrected chi connectivity index (χ0v) is 17.1. The van der Waals surface area contributed by atoms with E-state index in [4.69, 9.17) is 16.0 Å². The number of aromatic nitrogens is 2. The monoisotopic (exact) mass is 424 g/mol. The van der Waals surface area contributed by atoms with Gasteiger partial charge in [-0.15, -0.1) is 0 Å². The lowest BCUT2D eigenvalue weighted by Gasteiger charge is -2.15. The molecule has 2 heterocycles. The van der Waals surface area contributed by atoms with Crippen LogP contribution in [0.1, 0.15) is 23.0 Å².